The molecule has 0 spiro atoms. The van der Waals surface area contributed by atoms with Gasteiger partial charge in [-0.2, -0.15) is 0 Å². The van der Waals surface area contributed by atoms with Crippen molar-refractivity contribution in [3.05, 3.63) is 42.5 Å². The van der Waals surface area contributed by atoms with Gasteiger partial charge < -0.3 is 9.47 Å². The maximum Gasteiger partial charge on any atom is 0.330 e. The first kappa shape index (κ1) is 25.5. The van der Waals surface area contributed by atoms with Gasteiger partial charge >= 0.3 is 5.97 Å². The molecule has 0 aromatic heterocycles. The van der Waals surface area contributed by atoms with E-state index in [0.717, 1.165) is 54.7 Å². The fourth-order valence-corrected chi connectivity index (χ4v) is 5.66. The number of rotatable bonds is 12. The van der Waals surface area contributed by atoms with Crippen molar-refractivity contribution in [1.82, 2.24) is 0 Å². The summed E-state index contributed by atoms with van der Waals surface area (Å²) >= 11 is 0. The molecule has 2 aliphatic carbocycles. The van der Waals surface area contributed by atoms with E-state index in [2.05, 4.69) is 13.5 Å². The highest BCUT2D eigenvalue weighted by Crippen LogP contribution is 2.42. The van der Waals surface area contributed by atoms with Gasteiger partial charge in [-0.3, -0.25) is 4.79 Å². The van der Waals surface area contributed by atoms with Crippen LogP contribution in [0.25, 0.3) is 0 Å². The summed E-state index contributed by atoms with van der Waals surface area (Å²) in [5.74, 6) is 3.82. The Kier molecular flexibility index (Phi) is 10.5. The van der Waals surface area contributed by atoms with Gasteiger partial charge in [0.1, 0.15) is 11.5 Å². The minimum atomic E-state index is -0.386. The zero-order chi connectivity index (χ0) is 23.5. The van der Waals surface area contributed by atoms with Crippen molar-refractivity contribution in [2.75, 3.05) is 13.2 Å². The van der Waals surface area contributed by atoms with Gasteiger partial charge in [0.15, 0.2) is 0 Å². The summed E-state index contributed by atoms with van der Waals surface area (Å²) in [5.41, 5.74) is 1.07. The fraction of sp³-hybridized carbons (Fsp3) is 0.655. The highest BCUT2D eigenvalue weighted by Gasteiger charge is 2.32. The van der Waals surface area contributed by atoms with E-state index in [1.807, 2.05) is 24.3 Å². The van der Waals surface area contributed by atoms with E-state index < -0.39 is 0 Å². The average Bonchev–Trinajstić information content (AvgIpc) is 2.87. The van der Waals surface area contributed by atoms with E-state index in [1.165, 1.54) is 51.0 Å². The van der Waals surface area contributed by atoms with Crippen LogP contribution < -0.4 is 4.74 Å². The van der Waals surface area contributed by atoms with Crippen molar-refractivity contribution in [1.29, 1.82) is 0 Å². The van der Waals surface area contributed by atoms with Crippen LogP contribution in [-0.2, 0) is 20.7 Å². The molecule has 0 amide bonds. The molecule has 0 bridgehead atoms. The lowest BCUT2D eigenvalue weighted by atomic mass is 9.68. The molecule has 3 rings (SSSR count). The molecule has 2 aliphatic rings. The summed E-state index contributed by atoms with van der Waals surface area (Å²) in [6, 6.07) is 7.92. The Hall–Kier alpha value is -2.10. The Balaban J connectivity index is 1.32. The number of esters is 1. The SMILES string of the molecule is C=CC(=O)OCCCCOc1ccc(CC(=O)C2CCC(C3CCC(CC)CC3)CC2)cc1. The Bertz CT molecular complexity index is 737. The van der Waals surface area contributed by atoms with Gasteiger partial charge in [0.2, 0.25) is 0 Å². The van der Waals surface area contributed by atoms with E-state index in [-0.39, 0.29) is 11.9 Å². The van der Waals surface area contributed by atoms with Crippen molar-refractivity contribution >= 4 is 11.8 Å². The molecule has 182 valence electrons. The molecule has 0 unspecified atom stereocenters. The molecule has 2 saturated carbocycles. The van der Waals surface area contributed by atoms with Crippen molar-refractivity contribution in [3.8, 4) is 5.75 Å². The standard InChI is InChI=1S/C29H42O4/c1-3-22-7-11-24(12-8-22)25-13-15-26(16-14-25)28(30)21-23-9-17-27(18-10-23)32-19-5-6-20-33-29(31)4-2/h4,9-10,17-18,22,24-26H,2-3,5-8,11-16,19-21H2,1H3. The third-order valence-corrected chi connectivity index (χ3v) is 7.88. The molecule has 0 radical (unpaired) electrons. The lowest BCUT2D eigenvalue weighted by Gasteiger charge is -2.37. The molecular formula is C29H42O4. The number of unbranched alkanes of at least 4 members (excludes halogenated alkanes) is 1. The second kappa shape index (κ2) is 13.6. The van der Waals surface area contributed by atoms with Gasteiger partial charge in [-0.05, 0) is 86.8 Å². The quantitative estimate of drug-likeness (QED) is 0.200. The largest absolute Gasteiger partial charge is 0.494 e. The molecule has 1 aromatic carbocycles. The number of Topliss-reactive ketones (excluding diaryl/α,β-unsaturated/α-hetero) is 1. The average molecular weight is 455 g/mol. The van der Waals surface area contributed by atoms with E-state index in [4.69, 9.17) is 9.47 Å². The normalized spacial score (nSPS) is 25.2. The van der Waals surface area contributed by atoms with Gasteiger partial charge in [-0.15, -0.1) is 0 Å². The minimum Gasteiger partial charge on any atom is -0.494 e. The van der Waals surface area contributed by atoms with Gasteiger partial charge in [-0.25, -0.2) is 4.79 Å². The summed E-state index contributed by atoms with van der Waals surface area (Å²) in [6.45, 7) is 6.66. The topological polar surface area (TPSA) is 52.6 Å². The first-order valence-corrected chi connectivity index (χ1v) is 13.1. The number of ether oxygens (including phenoxy) is 2. The molecule has 4 heteroatoms. The molecule has 0 N–H and O–H groups in total. The summed E-state index contributed by atoms with van der Waals surface area (Å²) in [6.07, 6.45) is 15.0. The zero-order valence-corrected chi connectivity index (χ0v) is 20.4. The molecule has 0 heterocycles. The van der Waals surface area contributed by atoms with Crippen molar-refractivity contribution in [2.24, 2.45) is 23.7 Å². The summed E-state index contributed by atoms with van der Waals surface area (Å²) in [5, 5.41) is 0. The van der Waals surface area contributed by atoms with Crippen LogP contribution in [0.15, 0.2) is 36.9 Å². The fourth-order valence-electron chi connectivity index (χ4n) is 5.66. The van der Waals surface area contributed by atoms with Crippen molar-refractivity contribution in [2.45, 2.75) is 84.0 Å². The molecule has 4 nitrogen and oxygen atoms in total. The molecule has 1 aromatic rings. The number of benzene rings is 1. The zero-order valence-electron chi connectivity index (χ0n) is 20.4. The summed E-state index contributed by atoms with van der Waals surface area (Å²) < 4.78 is 10.7. The molecule has 33 heavy (non-hydrogen) atoms. The van der Waals surface area contributed by atoms with Crippen LogP contribution in [0.5, 0.6) is 5.75 Å². The van der Waals surface area contributed by atoms with Gasteiger partial charge in [0, 0.05) is 18.4 Å². The summed E-state index contributed by atoms with van der Waals surface area (Å²) in [4.78, 5) is 23.9. The third kappa shape index (κ3) is 8.32. The lowest BCUT2D eigenvalue weighted by molar-refractivity contribution is -0.137. The van der Waals surface area contributed by atoms with Gasteiger partial charge in [0.05, 0.1) is 13.2 Å². The Labute approximate surface area is 200 Å². The van der Waals surface area contributed by atoms with Crippen LogP contribution in [0, 0.1) is 23.7 Å². The number of hydrogen-bond donors (Lipinski definition) is 0. The van der Waals surface area contributed by atoms with Crippen LogP contribution in [0.4, 0.5) is 0 Å². The Morgan fingerprint density at radius 1 is 0.909 bits per heavy atom. The maximum absolute atomic E-state index is 12.9. The second-order valence-electron chi connectivity index (χ2n) is 10.0. The molecule has 0 aliphatic heterocycles. The van der Waals surface area contributed by atoms with Crippen LogP contribution in [-0.4, -0.2) is 25.0 Å². The Morgan fingerprint density at radius 3 is 2.12 bits per heavy atom. The van der Waals surface area contributed by atoms with Crippen LogP contribution in [0.3, 0.4) is 0 Å². The predicted octanol–water partition coefficient (Wildman–Crippen LogP) is 6.71. The molecule has 0 atom stereocenters. The number of ketones is 1. The second-order valence-corrected chi connectivity index (χ2v) is 10.0. The number of carbonyl (C=O) groups is 2. The first-order valence-electron chi connectivity index (χ1n) is 13.1. The van der Waals surface area contributed by atoms with Gasteiger partial charge in [-0.1, -0.05) is 44.9 Å². The van der Waals surface area contributed by atoms with E-state index >= 15 is 0 Å². The first-order chi connectivity index (χ1) is 16.1. The number of hydrogen-bond acceptors (Lipinski definition) is 4. The number of carbonyl (C=O) groups excluding carboxylic acids is 2. The van der Waals surface area contributed by atoms with Gasteiger partial charge in [0.25, 0.3) is 0 Å². The molecule has 2 fully saturated rings. The predicted molar refractivity (Wildman–Crippen MR) is 132 cm³/mol. The van der Waals surface area contributed by atoms with Crippen LogP contribution in [0.2, 0.25) is 0 Å². The van der Waals surface area contributed by atoms with Crippen molar-refractivity contribution in [3.63, 3.8) is 0 Å². The minimum absolute atomic E-state index is 0.249. The summed E-state index contributed by atoms with van der Waals surface area (Å²) in [7, 11) is 0. The Morgan fingerprint density at radius 2 is 1.52 bits per heavy atom. The highest BCUT2D eigenvalue weighted by atomic mass is 16.5. The van der Waals surface area contributed by atoms with Crippen LogP contribution >= 0.6 is 0 Å². The molecule has 0 saturated heterocycles. The lowest BCUT2D eigenvalue weighted by Crippen LogP contribution is -2.28. The van der Waals surface area contributed by atoms with Crippen molar-refractivity contribution < 1.29 is 19.1 Å². The van der Waals surface area contributed by atoms with Crippen LogP contribution in [0.1, 0.15) is 83.1 Å². The highest BCUT2D eigenvalue weighted by molar-refractivity contribution is 5.83. The van der Waals surface area contributed by atoms with E-state index in [0.29, 0.717) is 25.4 Å². The smallest absolute Gasteiger partial charge is 0.330 e. The maximum atomic E-state index is 12.9. The molecular weight excluding hydrogens is 412 g/mol. The van der Waals surface area contributed by atoms with E-state index in [1.54, 1.807) is 0 Å². The third-order valence-electron chi connectivity index (χ3n) is 7.88. The monoisotopic (exact) mass is 454 g/mol. The van der Waals surface area contributed by atoms with E-state index in [9.17, 15) is 9.59 Å².